The van der Waals surface area contributed by atoms with E-state index in [4.69, 9.17) is 5.73 Å². The predicted octanol–water partition coefficient (Wildman–Crippen LogP) is 1.53. The van der Waals surface area contributed by atoms with Crippen LogP contribution in [0.25, 0.3) is 0 Å². The number of rotatable bonds is 4. The molecular formula is C14H25F2N3. The monoisotopic (exact) mass is 273 g/mol. The van der Waals surface area contributed by atoms with E-state index >= 15 is 0 Å². The molecule has 3 fully saturated rings. The Bertz CT molecular complexity index is 327. The summed E-state index contributed by atoms with van der Waals surface area (Å²) in [6.45, 7) is 3.00. The van der Waals surface area contributed by atoms with E-state index in [0.717, 1.165) is 25.4 Å². The van der Waals surface area contributed by atoms with Gasteiger partial charge in [0, 0.05) is 38.1 Å². The third kappa shape index (κ3) is 2.78. The Morgan fingerprint density at radius 3 is 2.58 bits per heavy atom. The van der Waals surface area contributed by atoms with Gasteiger partial charge in [0.15, 0.2) is 0 Å². The van der Waals surface area contributed by atoms with Crippen LogP contribution in [-0.4, -0.2) is 60.5 Å². The van der Waals surface area contributed by atoms with Crippen LogP contribution < -0.4 is 5.73 Å². The fourth-order valence-corrected chi connectivity index (χ4v) is 3.48. The number of hydrogen-bond acceptors (Lipinski definition) is 3. The van der Waals surface area contributed by atoms with Crippen LogP contribution in [0, 0.1) is 5.92 Å². The van der Waals surface area contributed by atoms with Gasteiger partial charge in [0.05, 0.1) is 6.04 Å². The lowest BCUT2D eigenvalue weighted by Crippen LogP contribution is -2.68. The van der Waals surface area contributed by atoms with E-state index in [1.807, 2.05) is 0 Å². The average molecular weight is 273 g/mol. The van der Waals surface area contributed by atoms with Crippen molar-refractivity contribution in [2.45, 2.75) is 56.2 Å². The van der Waals surface area contributed by atoms with Crippen molar-refractivity contribution in [3.63, 3.8) is 0 Å². The van der Waals surface area contributed by atoms with Gasteiger partial charge < -0.3 is 10.6 Å². The van der Waals surface area contributed by atoms with Gasteiger partial charge in [-0.25, -0.2) is 8.78 Å². The second kappa shape index (κ2) is 4.93. The van der Waals surface area contributed by atoms with E-state index in [1.54, 1.807) is 0 Å². The van der Waals surface area contributed by atoms with Crippen molar-refractivity contribution in [1.29, 1.82) is 0 Å². The molecule has 0 radical (unpaired) electrons. The Morgan fingerprint density at radius 1 is 1.26 bits per heavy atom. The molecule has 0 aromatic heterocycles. The minimum Gasteiger partial charge on any atom is -0.321 e. The molecule has 0 aromatic carbocycles. The molecule has 0 spiro atoms. The number of likely N-dealkylation sites (tertiary alicyclic amines) is 1. The number of likely N-dealkylation sites (N-methyl/N-ethyl adjacent to an activating group) is 1. The highest BCUT2D eigenvalue weighted by atomic mass is 19.3. The third-order valence-corrected chi connectivity index (χ3v) is 5.14. The quantitative estimate of drug-likeness (QED) is 0.843. The number of nitrogens with zero attached hydrogens (tertiary/aromatic N) is 2. The van der Waals surface area contributed by atoms with Crippen LogP contribution in [0.4, 0.5) is 8.78 Å². The van der Waals surface area contributed by atoms with Gasteiger partial charge in [0.25, 0.3) is 5.92 Å². The Morgan fingerprint density at radius 2 is 1.95 bits per heavy atom. The van der Waals surface area contributed by atoms with Gasteiger partial charge in [-0.1, -0.05) is 0 Å². The van der Waals surface area contributed by atoms with Crippen molar-refractivity contribution in [3.05, 3.63) is 0 Å². The van der Waals surface area contributed by atoms with Crippen LogP contribution in [0.1, 0.15) is 32.1 Å². The van der Waals surface area contributed by atoms with Gasteiger partial charge in [-0.2, -0.15) is 0 Å². The van der Waals surface area contributed by atoms with Crippen LogP contribution in [0.5, 0.6) is 0 Å². The van der Waals surface area contributed by atoms with E-state index in [1.165, 1.54) is 19.4 Å². The van der Waals surface area contributed by atoms with Gasteiger partial charge in [-0.15, -0.1) is 0 Å². The average Bonchev–Trinajstić information content (AvgIpc) is 3.06. The summed E-state index contributed by atoms with van der Waals surface area (Å²) in [4.78, 5) is 4.58. The molecule has 1 saturated heterocycles. The highest BCUT2D eigenvalue weighted by Crippen LogP contribution is 2.37. The standard InChI is InChI=1S/C14H25F2N3/c1-18(7-10-4-5-10)11-8-19(9-11)12-3-2-6-14(15,16)13(12)17/h10-13H,2-9,17H2,1H3/t12-,13+/m0/s1. The van der Waals surface area contributed by atoms with Crippen LogP contribution in [0.15, 0.2) is 0 Å². The van der Waals surface area contributed by atoms with E-state index in [2.05, 4.69) is 16.8 Å². The molecule has 2 N–H and O–H groups in total. The summed E-state index contributed by atoms with van der Waals surface area (Å²) < 4.78 is 27.3. The second-order valence-electron chi connectivity index (χ2n) is 6.74. The Balaban J connectivity index is 1.49. The molecule has 0 unspecified atom stereocenters. The summed E-state index contributed by atoms with van der Waals surface area (Å²) >= 11 is 0. The Labute approximate surface area is 114 Å². The van der Waals surface area contributed by atoms with Crippen LogP contribution >= 0.6 is 0 Å². The zero-order valence-electron chi connectivity index (χ0n) is 11.7. The highest BCUT2D eigenvalue weighted by molar-refractivity contribution is 5.01. The lowest BCUT2D eigenvalue weighted by Gasteiger charge is -2.51. The van der Waals surface area contributed by atoms with Gasteiger partial charge in [-0.05, 0) is 38.6 Å². The fraction of sp³-hybridized carbons (Fsp3) is 1.00. The smallest absolute Gasteiger partial charge is 0.264 e. The van der Waals surface area contributed by atoms with E-state index in [0.29, 0.717) is 12.5 Å². The molecule has 2 saturated carbocycles. The summed E-state index contributed by atoms with van der Waals surface area (Å²) in [6.07, 6.45) is 4.12. The molecule has 0 aromatic rings. The number of hydrogen-bond donors (Lipinski definition) is 1. The largest absolute Gasteiger partial charge is 0.321 e. The Kier molecular flexibility index (Phi) is 3.56. The molecule has 0 bridgehead atoms. The topological polar surface area (TPSA) is 32.5 Å². The van der Waals surface area contributed by atoms with E-state index in [9.17, 15) is 8.78 Å². The molecule has 1 heterocycles. The van der Waals surface area contributed by atoms with Gasteiger partial charge in [0.1, 0.15) is 0 Å². The summed E-state index contributed by atoms with van der Waals surface area (Å²) in [5.74, 6) is -1.78. The normalized spacial score (nSPS) is 36.5. The lowest BCUT2D eigenvalue weighted by atomic mass is 9.84. The zero-order chi connectivity index (χ0) is 13.6. The van der Waals surface area contributed by atoms with Gasteiger partial charge >= 0.3 is 0 Å². The first-order valence-corrected chi connectivity index (χ1v) is 7.55. The maximum absolute atomic E-state index is 13.6. The SMILES string of the molecule is CN(CC1CC1)C1CN([C@H]2CCCC(F)(F)[C@@H]2N)C1. The van der Waals surface area contributed by atoms with E-state index in [-0.39, 0.29) is 12.5 Å². The number of halogens is 2. The van der Waals surface area contributed by atoms with Gasteiger partial charge in [0.2, 0.25) is 0 Å². The van der Waals surface area contributed by atoms with Gasteiger partial charge in [-0.3, -0.25) is 4.90 Å². The summed E-state index contributed by atoms with van der Waals surface area (Å²) in [5.41, 5.74) is 5.77. The second-order valence-corrected chi connectivity index (χ2v) is 6.74. The summed E-state index contributed by atoms with van der Waals surface area (Å²) in [7, 11) is 2.16. The molecular weight excluding hydrogens is 248 g/mol. The molecule has 2 aliphatic carbocycles. The molecule has 3 rings (SSSR count). The first kappa shape index (κ1) is 13.7. The molecule has 19 heavy (non-hydrogen) atoms. The summed E-state index contributed by atoms with van der Waals surface area (Å²) in [6, 6.07) is -0.548. The number of nitrogens with two attached hydrogens (primary N) is 1. The van der Waals surface area contributed by atoms with Crippen LogP contribution in [0.3, 0.4) is 0 Å². The predicted molar refractivity (Wildman–Crippen MR) is 71.3 cm³/mol. The first-order chi connectivity index (χ1) is 8.97. The fourth-order valence-electron chi connectivity index (χ4n) is 3.48. The van der Waals surface area contributed by atoms with Crippen molar-refractivity contribution in [3.8, 4) is 0 Å². The minimum atomic E-state index is -2.67. The molecule has 3 nitrogen and oxygen atoms in total. The van der Waals surface area contributed by atoms with Crippen molar-refractivity contribution < 1.29 is 8.78 Å². The van der Waals surface area contributed by atoms with Crippen LogP contribution in [-0.2, 0) is 0 Å². The highest BCUT2D eigenvalue weighted by Gasteiger charge is 2.49. The molecule has 110 valence electrons. The minimum absolute atomic E-state index is 0.0382. The molecule has 1 aliphatic heterocycles. The molecule has 2 atom stereocenters. The molecule has 0 amide bonds. The Hall–Kier alpha value is -0.260. The zero-order valence-corrected chi connectivity index (χ0v) is 11.7. The third-order valence-electron chi connectivity index (χ3n) is 5.14. The van der Waals surface area contributed by atoms with Crippen molar-refractivity contribution in [2.75, 3.05) is 26.7 Å². The molecule has 5 heteroatoms. The van der Waals surface area contributed by atoms with Crippen molar-refractivity contribution >= 4 is 0 Å². The van der Waals surface area contributed by atoms with E-state index < -0.39 is 12.0 Å². The van der Waals surface area contributed by atoms with Crippen molar-refractivity contribution in [1.82, 2.24) is 9.80 Å². The lowest BCUT2D eigenvalue weighted by molar-refractivity contribution is -0.103. The maximum Gasteiger partial charge on any atom is 0.264 e. The first-order valence-electron chi connectivity index (χ1n) is 7.55. The van der Waals surface area contributed by atoms with Crippen molar-refractivity contribution in [2.24, 2.45) is 11.7 Å². The summed E-state index contributed by atoms with van der Waals surface area (Å²) in [5, 5.41) is 0. The molecule has 3 aliphatic rings. The maximum atomic E-state index is 13.6. The van der Waals surface area contributed by atoms with Crippen LogP contribution in [0.2, 0.25) is 0 Å². The number of alkyl halides is 2.